The third kappa shape index (κ3) is 3.41. The summed E-state index contributed by atoms with van der Waals surface area (Å²) in [7, 11) is 0. The van der Waals surface area contributed by atoms with Gasteiger partial charge in [-0.2, -0.15) is 0 Å². The van der Waals surface area contributed by atoms with Crippen molar-refractivity contribution in [3.05, 3.63) is 59.7 Å². The van der Waals surface area contributed by atoms with Crippen molar-refractivity contribution in [3.8, 4) is 11.5 Å². The first-order chi connectivity index (χ1) is 12.5. The smallest absolute Gasteiger partial charge is 0.335 e. The minimum absolute atomic E-state index is 0.00228. The molecule has 0 aromatic heterocycles. The molecule has 0 spiro atoms. The summed E-state index contributed by atoms with van der Waals surface area (Å²) in [6.45, 7) is 2.34. The maximum atomic E-state index is 12.7. The topological polar surface area (TPSA) is 95.9 Å². The number of amides is 4. The molecule has 4 amide bonds. The normalized spacial score (nSPS) is 16.0. The minimum atomic E-state index is -0.822. The Labute approximate surface area is 149 Å². The molecule has 1 fully saturated rings. The van der Waals surface area contributed by atoms with Crippen LogP contribution < -0.4 is 15.0 Å². The summed E-state index contributed by atoms with van der Waals surface area (Å²) in [5.41, 5.74) is 0.568. The van der Waals surface area contributed by atoms with Crippen LogP contribution >= 0.6 is 0 Å². The van der Waals surface area contributed by atoms with E-state index in [4.69, 9.17) is 4.74 Å². The number of aromatic hydroxyl groups is 1. The predicted octanol–water partition coefficient (Wildman–Crippen LogP) is 2.46. The van der Waals surface area contributed by atoms with Gasteiger partial charge >= 0.3 is 6.03 Å². The monoisotopic (exact) mass is 352 g/mol. The molecule has 7 nitrogen and oxygen atoms in total. The first-order valence-electron chi connectivity index (χ1n) is 7.93. The summed E-state index contributed by atoms with van der Waals surface area (Å²) < 4.78 is 5.34. The molecule has 0 bridgehead atoms. The SMILES string of the molecule is CCOc1ccc(N2C(=O)NC(=O)/C(=C/c3cccc(O)c3)C2=O)cc1. The lowest BCUT2D eigenvalue weighted by molar-refractivity contribution is -0.122. The van der Waals surface area contributed by atoms with Crippen molar-refractivity contribution in [1.29, 1.82) is 0 Å². The van der Waals surface area contributed by atoms with E-state index in [1.165, 1.54) is 18.2 Å². The van der Waals surface area contributed by atoms with Crippen LogP contribution in [0.15, 0.2) is 54.1 Å². The molecule has 132 valence electrons. The van der Waals surface area contributed by atoms with Crippen LogP contribution in [0.4, 0.5) is 10.5 Å². The van der Waals surface area contributed by atoms with Crippen LogP contribution in [-0.4, -0.2) is 29.6 Å². The highest BCUT2D eigenvalue weighted by Crippen LogP contribution is 2.24. The molecule has 2 N–H and O–H groups in total. The number of hydrogen-bond donors (Lipinski definition) is 2. The lowest BCUT2D eigenvalue weighted by Crippen LogP contribution is -2.54. The molecule has 0 unspecified atom stereocenters. The number of ether oxygens (including phenoxy) is 1. The molecule has 1 aliphatic heterocycles. The van der Waals surface area contributed by atoms with E-state index in [0.29, 0.717) is 23.6 Å². The summed E-state index contributed by atoms with van der Waals surface area (Å²) in [5, 5.41) is 11.7. The Kier molecular flexibility index (Phi) is 4.70. The third-order valence-corrected chi connectivity index (χ3v) is 3.69. The maximum absolute atomic E-state index is 12.7. The van der Waals surface area contributed by atoms with Crippen LogP contribution in [0, 0.1) is 0 Å². The molecular weight excluding hydrogens is 336 g/mol. The van der Waals surface area contributed by atoms with Crippen molar-refractivity contribution in [2.24, 2.45) is 0 Å². The van der Waals surface area contributed by atoms with E-state index in [9.17, 15) is 19.5 Å². The standard InChI is InChI=1S/C19H16N2O5/c1-2-26-15-8-6-13(7-9-15)21-18(24)16(17(23)20-19(21)25)11-12-4-3-5-14(22)10-12/h3-11,22H,2H2,1H3,(H,20,23,25)/b16-11-. The van der Waals surface area contributed by atoms with Gasteiger partial charge in [0, 0.05) is 0 Å². The van der Waals surface area contributed by atoms with Gasteiger partial charge in [0.1, 0.15) is 17.1 Å². The zero-order valence-electron chi connectivity index (χ0n) is 13.9. The van der Waals surface area contributed by atoms with Gasteiger partial charge in [0.05, 0.1) is 12.3 Å². The zero-order valence-corrected chi connectivity index (χ0v) is 13.9. The Morgan fingerprint density at radius 2 is 1.85 bits per heavy atom. The van der Waals surface area contributed by atoms with Gasteiger partial charge in [-0.25, -0.2) is 9.69 Å². The largest absolute Gasteiger partial charge is 0.508 e. The van der Waals surface area contributed by atoms with Gasteiger partial charge in [-0.15, -0.1) is 0 Å². The average Bonchev–Trinajstić information content (AvgIpc) is 2.60. The number of benzene rings is 2. The van der Waals surface area contributed by atoms with Crippen molar-refractivity contribution in [3.63, 3.8) is 0 Å². The van der Waals surface area contributed by atoms with E-state index in [1.807, 2.05) is 6.92 Å². The molecule has 0 saturated carbocycles. The third-order valence-electron chi connectivity index (χ3n) is 3.69. The van der Waals surface area contributed by atoms with Gasteiger partial charge in [-0.3, -0.25) is 14.9 Å². The number of nitrogens with zero attached hydrogens (tertiary/aromatic N) is 1. The number of urea groups is 1. The molecule has 7 heteroatoms. The fraction of sp³-hybridized carbons (Fsp3) is 0.105. The highest BCUT2D eigenvalue weighted by Gasteiger charge is 2.36. The minimum Gasteiger partial charge on any atom is -0.508 e. The Morgan fingerprint density at radius 3 is 2.50 bits per heavy atom. The van der Waals surface area contributed by atoms with E-state index >= 15 is 0 Å². The molecule has 2 aromatic rings. The number of imide groups is 2. The summed E-state index contributed by atoms with van der Waals surface area (Å²) >= 11 is 0. The van der Waals surface area contributed by atoms with Crippen LogP contribution in [0.25, 0.3) is 6.08 Å². The number of phenolic OH excluding ortho intramolecular Hbond substituents is 1. The van der Waals surface area contributed by atoms with Crippen molar-refractivity contribution in [2.75, 3.05) is 11.5 Å². The van der Waals surface area contributed by atoms with Gasteiger partial charge in [-0.1, -0.05) is 12.1 Å². The lowest BCUT2D eigenvalue weighted by Gasteiger charge is -2.26. The second-order valence-electron chi connectivity index (χ2n) is 5.48. The Hall–Kier alpha value is -3.61. The number of hydrogen-bond acceptors (Lipinski definition) is 5. The Morgan fingerprint density at radius 1 is 1.12 bits per heavy atom. The first kappa shape index (κ1) is 17.2. The second-order valence-corrected chi connectivity index (χ2v) is 5.48. The summed E-state index contributed by atoms with van der Waals surface area (Å²) in [6.07, 6.45) is 1.32. The van der Waals surface area contributed by atoms with Crippen LogP contribution in [-0.2, 0) is 9.59 Å². The summed E-state index contributed by atoms with van der Waals surface area (Å²) in [6, 6.07) is 11.7. The van der Waals surface area contributed by atoms with Crippen molar-refractivity contribution < 1.29 is 24.2 Å². The van der Waals surface area contributed by atoms with Crippen molar-refractivity contribution in [2.45, 2.75) is 6.92 Å². The van der Waals surface area contributed by atoms with Gasteiger partial charge in [0.2, 0.25) is 0 Å². The highest BCUT2D eigenvalue weighted by atomic mass is 16.5. The van der Waals surface area contributed by atoms with Crippen LogP contribution in [0.2, 0.25) is 0 Å². The highest BCUT2D eigenvalue weighted by molar-refractivity contribution is 6.39. The molecule has 0 aliphatic carbocycles. The predicted molar refractivity (Wildman–Crippen MR) is 94.7 cm³/mol. The van der Waals surface area contributed by atoms with E-state index in [2.05, 4.69) is 5.32 Å². The average molecular weight is 352 g/mol. The molecule has 1 saturated heterocycles. The Balaban J connectivity index is 1.95. The molecule has 26 heavy (non-hydrogen) atoms. The van der Waals surface area contributed by atoms with E-state index in [1.54, 1.807) is 36.4 Å². The molecular formula is C19H16N2O5. The van der Waals surface area contributed by atoms with E-state index in [-0.39, 0.29) is 11.3 Å². The second kappa shape index (κ2) is 7.10. The molecule has 3 rings (SSSR count). The van der Waals surface area contributed by atoms with Crippen molar-refractivity contribution in [1.82, 2.24) is 5.32 Å². The lowest BCUT2D eigenvalue weighted by atomic mass is 10.1. The first-order valence-corrected chi connectivity index (χ1v) is 7.93. The molecule has 1 aliphatic rings. The van der Waals surface area contributed by atoms with E-state index in [0.717, 1.165) is 4.90 Å². The van der Waals surface area contributed by atoms with Gasteiger partial charge in [0.25, 0.3) is 11.8 Å². The number of carbonyl (C=O) groups is 3. The molecule has 2 aromatic carbocycles. The number of barbiturate groups is 1. The number of rotatable bonds is 4. The fourth-order valence-electron chi connectivity index (χ4n) is 2.53. The molecule has 1 heterocycles. The Bertz CT molecular complexity index is 902. The summed E-state index contributed by atoms with van der Waals surface area (Å²) in [5.74, 6) is -0.924. The van der Waals surface area contributed by atoms with Crippen LogP contribution in [0.1, 0.15) is 12.5 Å². The quantitative estimate of drug-likeness (QED) is 0.651. The zero-order chi connectivity index (χ0) is 18.7. The number of anilines is 1. The van der Waals surface area contributed by atoms with Gasteiger partial charge < -0.3 is 9.84 Å². The number of nitrogens with one attached hydrogen (secondary N) is 1. The van der Waals surface area contributed by atoms with E-state index < -0.39 is 17.8 Å². The molecule has 0 atom stereocenters. The van der Waals surface area contributed by atoms with Crippen LogP contribution in [0.3, 0.4) is 0 Å². The van der Waals surface area contributed by atoms with Crippen molar-refractivity contribution >= 4 is 29.6 Å². The maximum Gasteiger partial charge on any atom is 0.335 e. The number of carbonyl (C=O) groups excluding carboxylic acids is 3. The van der Waals surface area contributed by atoms with Crippen LogP contribution in [0.5, 0.6) is 11.5 Å². The fourth-order valence-corrected chi connectivity index (χ4v) is 2.53. The number of phenols is 1. The summed E-state index contributed by atoms with van der Waals surface area (Å²) in [4.78, 5) is 37.9. The molecule has 0 radical (unpaired) electrons. The van der Waals surface area contributed by atoms with Gasteiger partial charge in [-0.05, 0) is 55.0 Å². The van der Waals surface area contributed by atoms with Gasteiger partial charge in [0.15, 0.2) is 0 Å².